The number of rotatable bonds is 52. The SMILES string of the molecule is CCCCCCCCCCCCCCCC(=O)O[C@@H]1[C@@H](O)[C@H](CO)O[C@@H](O[C@H]2O[C@H](CO)[C@@H](O)[C@H](O)[C@H]2OS(=O)(=O)O)[C@H]1OC(=O)[C@H](C)C[C@@H](C)C[C@@H](C)C[C@@H](C)C[C@@H](C)C[C@@H](C)C[C@@H](C)C[C@@H](C)[C@@H](O)CCCCCCCCCCCCCCC. The van der Waals surface area contributed by atoms with Gasteiger partial charge in [0, 0.05) is 6.42 Å². The molecule has 510 valence electrons. The van der Waals surface area contributed by atoms with E-state index in [1.165, 1.54) is 128 Å². The second-order valence-electron chi connectivity index (χ2n) is 27.7. The van der Waals surface area contributed by atoms with E-state index >= 15 is 0 Å². The van der Waals surface area contributed by atoms with Crippen molar-refractivity contribution < 1.29 is 81.1 Å². The Hall–Kier alpha value is -1.55. The summed E-state index contributed by atoms with van der Waals surface area (Å²) in [6.07, 6.45) is 20.7. The molecule has 0 aromatic carbocycles. The summed E-state index contributed by atoms with van der Waals surface area (Å²) in [5.74, 6) is 0.757. The molecule has 0 aliphatic carbocycles. The zero-order valence-corrected chi connectivity index (χ0v) is 56.6. The van der Waals surface area contributed by atoms with Crippen LogP contribution in [0.3, 0.4) is 0 Å². The second-order valence-corrected chi connectivity index (χ2v) is 28.7. The topological polar surface area (TPSA) is 265 Å². The number of hydrogen-bond acceptors (Lipinski definition) is 16. The van der Waals surface area contributed by atoms with Crippen molar-refractivity contribution in [3.05, 3.63) is 0 Å². The number of carbonyl (C=O) groups is 2. The summed E-state index contributed by atoms with van der Waals surface area (Å²) in [5.41, 5.74) is 0. The molecule has 86 heavy (non-hydrogen) atoms. The van der Waals surface area contributed by atoms with E-state index in [-0.39, 0.29) is 18.4 Å². The Balaban J connectivity index is 1.98. The van der Waals surface area contributed by atoms with E-state index in [1.807, 2.05) is 0 Å². The van der Waals surface area contributed by atoms with E-state index < -0.39 is 103 Å². The molecule has 0 saturated carbocycles. The highest BCUT2D eigenvalue weighted by Crippen LogP contribution is 2.36. The smallest absolute Gasteiger partial charge is 0.397 e. The normalized spacial score (nSPS) is 26.1. The molecule has 2 fully saturated rings. The van der Waals surface area contributed by atoms with Crippen molar-refractivity contribution in [2.45, 2.75) is 361 Å². The maximum atomic E-state index is 14.2. The zero-order chi connectivity index (χ0) is 64.0. The summed E-state index contributed by atoms with van der Waals surface area (Å²) in [6.45, 7) is 20.4. The summed E-state index contributed by atoms with van der Waals surface area (Å²) >= 11 is 0. The van der Waals surface area contributed by atoms with E-state index in [4.69, 9.17) is 23.7 Å². The highest BCUT2D eigenvalue weighted by molar-refractivity contribution is 7.80. The fourth-order valence-corrected chi connectivity index (χ4v) is 14.3. The molecule has 0 bridgehead atoms. The van der Waals surface area contributed by atoms with Crippen LogP contribution in [-0.2, 0) is 47.9 Å². The molecule has 2 aliphatic rings. The van der Waals surface area contributed by atoms with E-state index in [0.717, 1.165) is 77.0 Å². The lowest BCUT2D eigenvalue weighted by molar-refractivity contribution is -0.374. The Morgan fingerprint density at radius 3 is 1.22 bits per heavy atom. The maximum absolute atomic E-state index is 14.2. The van der Waals surface area contributed by atoms with Gasteiger partial charge in [-0.15, -0.1) is 0 Å². The largest absolute Gasteiger partial charge is 0.455 e. The van der Waals surface area contributed by atoms with Gasteiger partial charge in [-0.3, -0.25) is 14.1 Å². The number of aliphatic hydroxyl groups is 6. The van der Waals surface area contributed by atoms with Crippen molar-refractivity contribution in [3.8, 4) is 0 Å². The van der Waals surface area contributed by atoms with Crippen molar-refractivity contribution in [2.24, 2.45) is 47.3 Å². The van der Waals surface area contributed by atoms with Crippen LogP contribution in [0.15, 0.2) is 0 Å². The molecule has 2 rings (SSSR count). The molecule has 0 aromatic rings. The van der Waals surface area contributed by atoms with Crippen LogP contribution in [0.25, 0.3) is 0 Å². The van der Waals surface area contributed by atoms with E-state index in [0.29, 0.717) is 48.3 Å². The molecule has 17 nitrogen and oxygen atoms in total. The van der Waals surface area contributed by atoms with Gasteiger partial charge >= 0.3 is 22.3 Å². The number of carbonyl (C=O) groups excluding carboxylic acids is 2. The predicted octanol–water partition coefficient (Wildman–Crippen LogP) is 13.7. The van der Waals surface area contributed by atoms with Gasteiger partial charge in [0.2, 0.25) is 6.29 Å². The van der Waals surface area contributed by atoms with Crippen LogP contribution in [0.4, 0.5) is 0 Å². The molecule has 18 heteroatoms. The Bertz CT molecular complexity index is 1810. The predicted molar refractivity (Wildman–Crippen MR) is 339 cm³/mol. The first-order valence-corrected chi connectivity index (χ1v) is 36.3. The van der Waals surface area contributed by atoms with Gasteiger partial charge in [0.15, 0.2) is 24.6 Å². The van der Waals surface area contributed by atoms with Gasteiger partial charge in [-0.05, 0) is 99.2 Å². The van der Waals surface area contributed by atoms with Crippen molar-refractivity contribution >= 4 is 22.3 Å². The second kappa shape index (κ2) is 46.5. The summed E-state index contributed by atoms with van der Waals surface area (Å²) in [6, 6.07) is 0. The highest BCUT2D eigenvalue weighted by atomic mass is 32.3. The van der Waals surface area contributed by atoms with Gasteiger partial charge in [-0.1, -0.05) is 230 Å². The van der Waals surface area contributed by atoms with Crippen LogP contribution in [0.5, 0.6) is 0 Å². The van der Waals surface area contributed by atoms with Gasteiger partial charge in [-0.2, -0.15) is 8.42 Å². The Morgan fingerprint density at radius 2 is 0.814 bits per heavy atom. The molecule has 2 heterocycles. The fraction of sp³-hybridized carbons (Fsp3) is 0.971. The van der Waals surface area contributed by atoms with Crippen LogP contribution >= 0.6 is 0 Å². The van der Waals surface area contributed by atoms with Gasteiger partial charge in [0.05, 0.1) is 25.2 Å². The molecule has 2 aliphatic heterocycles. The van der Waals surface area contributed by atoms with Crippen molar-refractivity contribution in [3.63, 3.8) is 0 Å². The van der Waals surface area contributed by atoms with Crippen LogP contribution < -0.4 is 0 Å². The summed E-state index contributed by atoms with van der Waals surface area (Å²) in [5, 5.41) is 64.3. The van der Waals surface area contributed by atoms with Crippen LogP contribution in [0.2, 0.25) is 0 Å². The third-order valence-electron chi connectivity index (χ3n) is 18.3. The minimum Gasteiger partial charge on any atom is -0.455 e. The molecular weight excluding hydrogens is 1120 g/mol. The zero-order valence-electron chi connectivity index (χ0n) is 55.8. The molecule has 0 aromatic heterocycles. The first kappa shape index (κ1) is 80.5. The number of hydrogen-bond donors (Lipinski definition) is 7. The van der Waals surface area contributed by atoms with Crippen LogP contribution in [-0.4, -0.2) is 136 Å². The monoisotopic (exact) mass is 1250 g/mol. The van der Waals surface area contributed by atoms with Crippen molar-refractivity contribution in [1.82, 2.24) is 0 Å². The summed E-state index contributed by atoms with van der Waals surface area (Å²) < 4.78 is 67.5. The number of unbranched alkanes of at least 4 members (excludes halogenated alkanes) is 24. The summed E-state index contributed by atoms with van der Waals surface area (Å²) in [4.78, 5) is 27.7. The number of esters is 2. The lowest BCUT2D eigenvalue weighted by Gasteiger charge is -2.46. The van der Waals surface area contributed by atoms with Crippen molar-refractivity contribution in [2.75, 3.05) is 13.2 Å². The quantitative estimate of drug-likeness (QED) is 0.0170. The number of ether oxygens (including phenoxy) is 5. The first-order valence-electron chi connectivity index (χ1n) is 34.9. The molecule has 2 saturated heterocycles. The Morgan fingerprint density at radius 1 is 0.453 bits per heavy atom. The lowest BCUT2D eigenvalue weighted by atomic mass is 9.80. The molecule has 0 spiro atoms. The minimum atomic E-state index is -5.33. The van der Waals surface area contributed by atoms with Gasteiger partial charge in [0.25, 0.3) is 0 Å². The average molecular weight is 1250 g/mol. The minimum absolute atomic E-state index is 0.0242. The molecule has 0 unspecified atom stereocenters. The van der Waals surface area contributed by atoms with E-state index in [9.17, 15) is 53.2 Å². The molecule has 0 radical (unpaired) electrons. The third-order valence-corrected chi connectivity index (χ3v) is 18.8. The van der Waals surface area contributed by atoms with Crippen LogP contribution in [0, 0.1) is 47.3 Å². The van der Waals surface area contributed by atoms with Gasteiger partial charge in [0.1, 0.15) is 30.5 Å². The third kappa shape index (κ3) is 34.8. The highest BCUT2D eigenvalue weighted by Gasteiger charge is 2.55. The molecule has 19 atom stereocenters. The van der Waals surface area contributed by atoms with E-state index in [2.05, 4.69) is 66.5 Å². The average Bonchev–Trinajstić information content (AvgIpc) is 1.04. The van der Waals surface area contributed by atoms with Crippen LogP contribution in [0.1, 0.15) is 294 Å². The molecule has 7 N–H and O–H groups in total. The number of aliphatic hydroxyl groups excluding tert-OH is 6. The van der Waals surface area contributed by atoms with Crippen molar-refractivity contribution in [1.29, 1.82) is 0 Å². The lowest BCUT2D eigenvalue weighted by Crippen LogP contribution is -2.65. The molecular formula is C68H130O17S. The van der Waals surface area contributed by atoms with Gasteiger partial charge in [-0.25, -0.2) is 4.18 Å². The summed E-state index contributed by atoms with van der Waals surface area (Å²) in [7, 11) is -5.33. The standard InChI is InChI=1S/C68H130O17S/c1-11-13-15-17-19-21-23-25-27-29-31-33-35-37-56(71)54(9)44-52(7)42-50(5)40-48(3)39-49(4)41-51(6)43-53(8)45-55(10)66(76)83-65-63(82-59(72)38-36-34-32-30-28-26-24-22-20-18-16-14-12-2)61(74)58(47-70)81-68(65)84-67-64(85-86(77,78)79)62(75)60(73)57(46-69)80-67/h48-58,60-65,67-71,73-75H,11-47H2,1-10H3,(H,77,78,79)/t48-,49+,50-,51+,52-,53+,54-,55-,56+,57-,58+,60-,61+,62+,63-,64-,65+,67-,68+/m1/s1. The molecule has 0 amide bonds. The van der Waals surface area contributed by atoms with E-state index in [1.54, 1.807) is 6.92 Å². The first-order chi connectivity index (χ1) is 40.9. The Kier molecular flexibility index (Phi) is 43.6. The fourth-order valence-electron chi connectivity index (χ4n) is 13.9. The van der Waals surface area contributed by atoms with Gasteiger partial charge < -0.3 is 54.3 Å². The Labute approximate surface area is 523 Å². The maximum Gasteiger partial charge on any atom is 0.397 e.